The van der Waals surface area contributed by atoms with Crippen molar-refractivity contribution in [2.24, 2.45) is 5.41 Å². The van der Waals surface area contributed by atoms with Crippen LogP contribution in [0.25, 0.3) is 10.8 Å². The van der Waals surface area contributed by atoms with Crippen molar-refractivity contribution in [3.63, 3.8) is 0 Å². The van der Waals surface area contributed by atoms with Crippen LogP contribution in [0.15, 0.2) is 60.7 Å². The predicted molar refractivity (Wildman–Crippen MR) is 123 cm³/mol. The monoisotopic (exact) mass is 509 g/mol. The number of benzene rings is 3. The highest BCUT2D eigenvalue weighted by Crippen LogP contribution is 2.43. The third kappa shape index (κ3) is 5.58. The third-order valence-electron chi connectivity index (χ3n) is 5.57. The van der Waals surface area contributed by atoms with E-state index in [1.165, 1.54) is 6.07 Å². The van der Waals surface area contributed by atoms with Gasteiger partial charge >= 0.3 is 18.1 Å². The molecule has 36 heavy (non-hydrogen) atoms. The SMILES string of the molecule is CC(C)(C)C(NC(=O)c1ccc2ccccc2c1OCc1ccc(C(F)(F)C(F)(F)F)cc1)C(=O)O. The minimum atomic E-state index is -5.73. The van der Waals surface area contributed by atoms with Crippen LogP contribution in [-0.4, -0.2) is 29.2 Å². The Morgan fingerprint density at radius 2 is 1.53 bits per heavy atom. The number of aliphatic carboxylic acids is 1. The zero-order valence-corrected chi connectivity index (χ0v) is 19.6. The fraction of sp³-hybridized carbons (Fsp3) is 0.308. The molecule has 3 aromatic carbocycles. The Morgan fingerprint density at radius 1 is 0.917 bits per heavy atom. The fourth-order valence-corrected chi connectivity index (χ4v) is 3.56. The van der Waals surface area contributed by atoms with Gasteiger partial charge in [0, 0.05) is 10.9 Å². The minimum Gasteiger partial charge on any atom is -0.487 e. The van der Waals surface area contributed by atoms with E-state index in [-0.39, 0.29) is 23.5 Å². The molecule has 0 aromatic heterocycles. The topological polar surface area (TPSA) is 75.6 Å². The molecule has 0 spiro atoms. The van der Waals surface area contributed by atoms with Gasteiger partial charge in [0.2, 0.25) is 0 Å². The molecule has 0 radical (unpaired) electrons. The molecule has 0 aliphatic carbocycles. The third-order valence-corrected chi connectivity index (χ3v) is 5.57. The van der Waals surface area contributed by atoms with Gasteiger partial charge in [0.05, 0.1) is 5.56 Å². The maximum absolute atomic E-state index is 13.6. The summed E-state index contributed by atoms with van der Waals surface area (Å²) >= 11 is 0. The van der Waals surface area contributed by atoms with Gasteiger partial charge in [0.15, 0.2) is 0 Å². The first-order valence-corrected chi connectivity index (χ1v) is 10.8. The van der Waals surface area contributed by atoms with Crippen molar-refractivity contribution >= 4 is 22.6 Å². The first-order chi connectivity index (χ1) is 16.6. The van der Waals surface area contributed by atoms with Gasteiger partial charge in [0.1, 0.15) is 18.4 Å². The van der Waals surface area contributed by atoms with Crippen LogP contribution < -0.4 is 10.1 Å². The number of carboxylic acid groups (broad SMARTS) is 1. The first-order valence-electron chi connectivity index (χ1n) is 10.8. The Morgan fingerprint density at radius 3 is 2.08 bits per heavy atom. The number of carbonyl (C=O) groups excluding carboxylic acids is 1. The lowest BCUT2D eigenvalue weighted by Crippen LogP contribution is -2.49. The van der Waals surface area contributed by atoms with Gasteiger partial charge in [-0.05, 0) is 22.4 Å². The summed E-state index contributed by atoms with van der Waals surface area (Å²) in [5.41, 5.74) is -1.66. The van der Waals surface area contributed by atoms with Crippen LogP contribution in [0.4, 0.5) is 22.0 Å². The quantitative estimate of drug-likeness (QED) is 0.367. The van der Waals surface area contributed by atoms with Crippen molar-refractivity contribution in [1.29, 1.82) is 0 Å². The summed E-state index contributed by atoms with van der Waals surface area (Å²) in [6, 6.07) is 12.4. The van der Waals surface area contributed by atoms with Crippen molar-refractivity contribution in [3.05, 3.63) is 77.4 Å². The summed E-state index contributed by atoms with van der Waals surface area (Å²) in [4.78, 5) is 24.8. The van der Waals surface area contributed by atoms with Crippen LogP contribution in [0.3, 0.4) is 0 Å². The zero-order chi connectivity index (χ0) is 26.9. The van der Waals surface area contributed by atoms with Crippen molar-refractivity contribution in [3.8, 4) is 5.75 Å². The fourth-order valence-electron chi connectivity index (χ4n) is 3.56. The normalized spacial score (nSPS) is 13.3. The highest BCUT2D eigenvalue weighted by molar-refractivity contribution is 6.05. The van der Waals surface area contributed by atoms with Gasteiger partial charge in [-0.1, -0.05) is 75.4 Å². The summed E-state index contributed by atoms with van der Waals surface area (Å²) in [5, 5.41) is 13.3. The molecular formula is C26H24F5NO4. The van der Waals surface area contributed by atoms with Crippen LogP contribution in [0.2, 0.25) is 0 Å². The lowest BCUT2D eigenvalue weighted by atomic mass is 9.86. The van der Waals surface area contributed by atoms with Gasteiger partial charge in [-0.3, -0.25) is 4.79 Å². The maximum Gasteiger partial charge on any atom is 0.458 e. The summed E-state index contributed by atoms with van der Waals surface area (Å²) in [6.07, 6.45) is -5.73. The van der Waals surface area contributed by atoms with Crippen LogP contribution in [0, 0.1) is 5.41 Å². The van der Waals surface area contributed by atoms with E-state index in [1.807, 2.05) is 0 Å². The molecule has 0 aliphatic rings. The lowest BCUT2D eigenvalue weighted by Gasteiger charge is -2.28. The molecule has 0 heterocycles. The molecule has 10 heteroatoms. The molecular weight excluding hydrogens is 485 g/mol. The van der Waals surface area contributed by atoms with Crippen LogP contribution in [0.5, 0.6) is 5.75 Å². The number of carboxylic acids is 1. The van der Waals surface area contributed by atoms with E-state index in [4.69, 9.17) is 4.74 Å². The Balaban J connectivity index is 1.92. The second kappa shape index (κ2) is 9.75. The number of rotatable bonds is 7. The van der Waals surface area contributed by atoms with Gasteiger partial charge in [-0.2, -0.15) is 22.0 Å². The summed E-state index contributed by atoms with van der Waals surface area (Å²) in [5.74, 6) is -6.79. The lowest BCUT2D eigenvalue weighted by molar-refractivity contribution is -0.289. The molecule has 1 unspecified atom stereocenters. The van der Waals surface area contributed by atoms with Crippen molar-refractivity contribution in [2.45, 2.75) is 45.5 Å². The van der Waals surface area contributed by atoms with Gasteiger partial charge in [-0.25, -0.2) is 4.79 Å². The largest absolute Gasteiger partial charge is 0.487 e. The Hall–Kier alpha value is -3.69. The zero-order valence-electron chi connectivity index (χ0n) is 19.6. The van der Waals surface area contributed by atoms with E-state index in [2.05, 4.69) is 5.32 Å². The molecule has 3 rings (SSSR count). The minimum absolute atomic E-state index is 0.0458. The summed E-state index contributed by atoms with van der Waals surface area (Å²) in [7, 11) is 0. The number of amides is 1. The number of ether oxygens (including phenoxy) is 1. The highest BCUT2D eigenvalue weighted by Gasteiger charge is 2.58. The number of alkyl halides is 5. The highest BCUT2D eigenvalue weighted by atomic mass is 19.4. The van der Waals surface area contributed by atoms with Crippen LogP contribution in [0.1, 0.15) is 42.3 Å². The van der Waals surface area contributed by atoms with E-state index < -0.39 is 41.0 Å². The number of hydrogen-bond donors (Lipinski definition) is 2. The van der Waals surface area contributed by atoms with Crippen LogP contribution >= 0.6 is 0 Å². The number of carbonyl (C=O) groups is 2. The molecule has 5 nitrogen and oxygen atoms in total. The molecule has 0 aliphatic heterocycles. The molecule has 1 atom stereocenters. The standard InChI is InChI=1S/C26H24F5NO4/c1-24(2,3)21(23(34)35)32-22(33)19-13-10-16-6-4-5-7-18(16)20(19)36-14-15-8-11-17(12-9-15)25(27,28)26(29,30)31/h4-13,21H,14H2,1-3H3,(H,32,33)(H,34,35). The average molecular weight is 509 g/mol. The summed E-state index contributed by atoms with van der Waals surface area (Å²) in [6.45, 7) is 4.75. The van der Waals surface area contributed by atoms with E-state index in [0.29, 0.717) is 17.5 Å². The van der Waals surface area contributed by atoms with E-state index >= 15 is 0 Å². The molecule has 0 bridgehead atoms. The van der Waals surface area contributed by atoms with Gasteiger partial charge < -0.3 is 15.2 Å². The number of fused-ring (bicyclic) bond motifs is 1. The number of hydrogen-bond acceptors (Lipinski definition) is 3. The molecule has 0 saturated heterocycles. The van der Waals surface area contributed by atoms with Crippen molar-refractivity contribution in [1.82, 2.24) is 5.32 Å². The number of nitrogens with one attached hydrogen (secondary N) is 1. The average Bonchev–Trinajstić information content (AvgIpc) is 2.79. The van der Waals surface area contributed by atoms with Gasteiger partial charge in [-0.15, -0.1) is 0 Å². The Bertz CT molecular complexity index is 1260. The molecule has 0 saturated carbocycles. The Labute approximate surface area is 203 Å². The second-order valence-electron chi connectivity index (χ2n) is 9.33. The van der Waals surface area contributed by atoms with Crippen molar-refractivity contribution < 1.29 is 41.4 Å². The molecule has 192 valence electrons. The van der Waals surface area contributed by atoms with E-state index in [1.54, 1.807) is 51.1 Å². The maximum atomic E-state index is 13.6. The number of halogens is 5. The van der Waals surface area contributed by atoms with Crippen molar-refractivity contribution in [2.75, 3.05) is 0 Å². The molecule has 3 aromatic rings. The van der Waals surface area contributed by atoms with E-state index in [0.717, 1.165) is 17.5 Å². The Kier molecular flexibility index (Phi) is 7.29. The predicted octanol–water partition coefficient (Wildman–Crippen LogP) is 6.30. The first kappa shape index (κ1) is 26.9. The summed E-state index contributed by atoms with van der Waals surface area (Å²) < 4.78 is 70.9. The van der Waals surface area contributed by atoms with Crippen LogP contribution in [-0.2, 0) is 17.3 Å². The second-order valence-corrected chi connectivity index (χ2v) is 9.33. The van der Waals surface area contributed by atoms with E-state index in [9.17, 15) is 36.6 Å². The molecule has 2 N–H and O–H groups in total. The molecule has 0 fully saturated rings. The van der Waals surface area contributed by atoms with Gasteiger partial charge in [0.25, 0.3) is 5.91 Å². The molecule has 1 amide bonds. The smallest absolute Gasteiger partial charge is 0.458 e.